The normalized spacial score (nSPS) is 41.7. The second kappa shape index (κ2) is 2.21. The summed E-state index contributed by atoms with van der Waals surface area (Å²) in [6.45, 7) is 6.09. The Morgan fingerprint density at radius 1 is 1.30 bits per heavy atom. The van der Waals surface area contributed by atoms with E-state index in [1.165, 1.54) is 38.9 Å². The van der Waals surface area contributed by atoms with E-state index in [4.69, 9.17) is 0 Å². The third-order valence-corrected chi connectivity index (χ3v) is 2.93. The highest BCUT2D eigenvalue weighted by atomic mass is 15.4. The molecule has 0 saturated carbocycles. The van der Waals surface area contributed by atoms with Gasteiger partial charge in [0.05, 0.1) is 5.66 Å². The predicted octanol–water partition coefficient (Wildman–Crippen LogP) is 0.792. The second-order valence-corrected chi connectivity index (χ2v) is 3.64. The van der Waals surface area contributed by atoms with Gasteiger partial charge in [0.1, 0.15) is 0 Å². The van der Waals surface area contributed by atoms with Crippen molar-refractivity contribution in [1.82, 2.24) is 10.2 Å². The van der Waals surface area contributed by atoms with Crippen molar-refractivity contribution in [2.45, 2.75) is 31.8 Å². The van der Waals surface area contributed by atoms with Crippen molar-refractivity contribution in [2.24, 2.45) is 0 Å². The molecule has 1 unspecified atom stereocenters. The van der Waals surface area contributed by atoms with Crippen molar-refractivity contribution in [1.29, 1.82) is 0 Å². The van der Waals surface area contributed by atoms with Gasteiger partial charge in [-0.05, 0) is 32.7 Å². The van der Waals surface area contributed by atoms with Gasteiger partial charge in [-0.1, -0.05) is 0 Å². The van der Waals surface area contributed by atoms with Gasteiger partial charge in [-0.15, -0.1) is 0 Å². The summed E-state index contributed by atoms with van der Waals surface area (Å²) < 4.78 is 0. The molecule has 58 valence electrons. The Balaban J connectivity index is 2.10. The van der Waals surface area contributed by atoms with Crippen LogP contribution in [-0.4, -0.2) is 30.2 Å². The lowest BCUT2D eigenvalue weighted by molar-refractivity contribution is 0.0911. The van der Waals surface area contributed by atoms with E-state index >= 15 is 0 Å². The maximum Gasteiger partial charge on any atom is 0.0684 e. The van der Waals surface area contributed by atoms with Gasteiger partial charge in [-0.2, -0.15) is 0 Å². The van der Waals surface area contributed by atoms with Gasteiger partial charge in [0.25, 0.3) is 0 Å². The fourth-order valence-corrected chi connectivity index (χ4v) is 2.20. The first-order valence-electron chi connectivity index (χ1n) is 4.31. The van der Waals surface area contributed by atoms with Crippen LogP contribution in [0.4, 0.5) is 0 Å². The maximum absolute atomic E-state index is 3.56. The first-order chi connectivity index (χ1) is 4.81. The molecule has 0 aromatic rings. The summed E-state index contributed by atoms with van der Waals surface area (Å²) in [5, 5.41) is 3.56. The van der Waals surface area contributed by atoms with Gasteiger partial charge in [0.15, 0.2) is 0 Å². The monoisotopic (exact) mass is 140 g/mol. The lowest BCUT2D eigenvalue weighted by Gasteiger charge is -2.39. The van der Waals surface area contributed by atoms with E-state index < -0.39 is 0 Å². The summed E-state index contributed by atoms with van der Waals surface area (Å²) in [6.07, 6.45) is 4.14. The number of piperidine rings is 1. The van der Waals surface area contributed by atoms with Crippen LogP contribution in [0, 0.1) is 0 Å². The Labute approximate surface area is 62.6 Å². The molecule has 1 atom stereocenters. The van der Waals surface area contributed by atoms with E-state index in [1.54, 1.807) is 0 Å². The van der Waals surface area contributed by atoms with Crippen molar-refractivity contribution < 1.29 is 0 Å². The number of nitrogens with one attached hydrogen (secondary N) is 1. The fraction of sp³-hybridized carbons (Fsp3) is 1.00. The van der Waals surface area contributed by atoms with E-state index in [2.05, 4.69) is 17.1 Å². The second-order valence-electron chi connectivity index (χ2n) is 3.64. The minimum Gasteiger partial charge on any atom is -0.298 e. The summed E-state index contributed by atoms with van der Waals surface area (Å²) in [5.41, 5.74) is 0.373. The van der Waals surface area contributed by atoms with Crippen LogP contribution < -0.4 is 5.32 Å². The molecular formula is C8H16N2. The predicted molar refractivity (Wildman–Crippen MR) is 41.8 cm³/mol. The average molecular weight is 140 g/mol. The van der Waals surface area contributed by atoms with Crippen molar-refractivity contribution in [3.05, 3.63) is 0 Å². The molecule has 0 radical (unpaired) electrons. The molecule has 0 aliphatic carbocycles. The summed E-state index contributed by atoms with van der Waals surface area (Å²) in [4.78, 5) is 2.58. The summed E-state index contributed by atoms with van der Waals surface area (Å²) >= 11 is 0. The van der Waals surface area contributed by atoms with Crippen LogP contribution in [0.3, 0.4) is 0 Å². The molecule has 0 bridgehead atoms. The van der Waals surface area contributed by atoms with Gasteiger partial charge in [0, 0.05) is 13.1 Å². The molecule has 2 aliphatic rings. The quantitative estimate of drug-likeness (QED) is 0.535. The lowest BCUT2D eigenvalue weighted by atomic mass is 9.99. The van der Waals surface area contributed by atoms with E-state index in [1.807, 2.05) is 0 Å². The first kappa shape index (κ1) is 6.62. The molecule has 0 spiro atoms. The summed E-state index contributed by atoms with van der Waals surface area (Å²) in [6, 6.07) is 0. The van der Waals surface area contributed by atoms with Crippen LogP contribution in [0.2, 0.25) is 0 Å². The highest BCUT2D eigenvalue weighted by Crippen LogP contribution is 2.27. The maximum atomic E-state index is 3.56. The Bertz CT molecular complexity index is 135. The summed E-state index contributed by atoms with van der Waals surface area (Å²) in [7, 11) is 0. The molecule has 10 heavy (non-hydrogen) atoms. The van der Waals surface area contributed by atoms with Gasteiger partial charge in [0.2, 0.25) is 0 Å². The number of fused-ring (bicyclic) bond motifs is 1. The van der Waals surface area contributed by atoms with Crippen molar-refractivity contribution in [2.75, 3.05) is 19.6 Å². The topological polar surface area (TPSA) is 15.3 Å². The minimum absolute atomic E-state index is 0.373. The fourth-order valence-electron chi connectivity index (χ4n) is 2.20. The Morgan fingerprint density at radius 3 is 3.00 bits per heavy atom. The largest absolute Gasteiger partial charge is 0.298 e. The highest BCUT2D eigenvalue weighted by molar-refractivity contribution is 4.92. The lowest BCUT2D eigenvalue weighted by Crippen LogP contribution is -2.51. The van der Waals surface area contributed by atoms with E-state index in [-0.39, 0.29) is 0 Å². The zero-order valence-electron chi connectivity index (χ0n) is 6.69. The van der Waals surface area contributed by atoms with Crippen LogP contribution in [0.25, 0.3) is 0 Å². The molecule has 2 aliphatic heterocycles. The molecule has 2 rings (SSSR count). The van der Waals surface area contributed by atoms with Crippen molar-refractivity contribution in [3.63, 3.8) is 0 Å². The van der Waals surface area contributed by atoms with Crippen LogP contribution in [0.15, 0.2) is 0 Å². The van der Waals surface area contributed by atoms with E-state index in [9.17, 15) is 0 Å². The molecule has 2 heterocycles. The molecule has 1 N–H and O–H groups in total. The number of hydrogen-bond donors (Lipinski definition) is 1. The number of rotatable bonds is 0. The molecule has 0 aromatic carbocycles. The molecule has 2 nitrogen and oxygen atoms in total. The SMILES string of the molecule is CC12CCCCN1CCN2. The van der Waals surface area contributed by atoms with Gasteiger partial charge >= 0.3 is 0 Å². The van der Waals surface area contributed by atoms with Crippen LogP contribution in [-0.2, 0) is 0 Å². The number of nitrogens with zero attached hydrogens (tertiary/aromatic N) is 1. The Hall–Kier alpha value is -0.0800. The van der Waals surface area contributed by atoms with Crippen LogP contribution >= 0.6 is 0 Å². The number of hydrogen-bond acceptors (Lipinski definition) is 2. The van der Waals surface area contributed by atoms with Crippen molar-refractivity contribution >= 4 is 0 Å². The molecule has 0 amide bonds. The average Bonchev–Trinajstić information content (AvgIpc) is 2.29. The minimum atomic E-state index is 0.373. The van der Waals surface area contributed by atoms with Crippen LogP contribution in [0.5, 0.6) is 0 Å². The van der Waals surface area contributed by atoms with E-state index in [0.717, 1.165) is 0 Å². The van der Waals surface area contributed by atoms with E-state index in [0.29, 0.717) is 5.66 Å². The third-order valence-electron chi connectivity index (χ3n) is 2.93. The van der Waals surface area contributed by atoms with Crippen molar-refractivity contribution in [3.8, 4) is 0 Å². The van der Waals surface area contributed by atoms with Gasteiger partial charge in [-0.25, -0.2) is 0 Å². The Kier molecular flexibility index (Phi) is 1.46. The zero-order valence-corrected chi connectivity index (χ0v) is 6.69. The molecule has 0 aromatic heterocycles. The third kappa shape index (κ3) is 0.867. The van der Waals surface area contributed by atoms with Gasteiger partial charge < -0.3 is 0 Å². The standard InChI is InChI=1S/C8H16N2/c1-8-4-2-3-6-10(8)7-5-9-8/h9H,2-7H2,1H3. The molecular weight excluding hydrogens is 124 g/mol. The van der Waals surface area contributed by atoms with Crippen LogP contribution in [0.1, 0.15) is 26.2 Å². The first-order valence-corrected chi connectivity index (χ1v) is 4.31. The summed E-state index contributed by atoms with van der Waals surface area (Å²) in [5.74, 6) is 0. The molecule has 2 fully saturated rings. The zero-order chi connectivity index (χ0) is 7.03. The smallest absolute Gasteiger partial charge is 0.0684 e. The Morgan fingerprint density at radius 2 is 2.20 bits per heavy atom. The molecule has 2 saturated heterocycles. The van der Waals surface area contributed by atoms with Gasteiger partial charge in [-0.3, -0.25) is 10.2 Å². The molecule has 2 heteroatoms. The highest BCUT2D eigenvalue weighted by Gasteiger charge is 2.37.